The zero-order valence-corrected chi connectivity index (χ0v) is 11.3. The molecule has 0 unspecified atom stereocenters. The van der Waals surface area contributed by atoms with Gasteiger partial charge < -0.3 is 9.84 Å². The third kappa shape index (κ3) is 3.34. The quantitative estimate of drug-likeness (QED) is 0.857. The number of para-hydroxylation sites is 1. The lowest BCUT2D eigenvalue weighted by Crippen LogP contribution is -2.05. The predicted octanol–water partition coefficient (Wildman–Crippen LogP) is 3.81. The minimum atomic E-state index is -0.442. The van der Waals surface area contributed by atoms with Gasteiger partial charge in [0.2, 0.25) is 0 Å². The second-order valence-electron chi connectivity index (χ2n) is 4.19. The lowest BCUT2D eigenvalue weighted by molar-refractivity contribution is 0.167. The minimum absolute atomic E-state index is 0.442. The van der Waals surface area contributed by atoms with E-state index in [1.54, 1.807) is 11.3 Å². The molecule has 0 spiro atoms. The molecule has 0 saturated carbocycles. The summed E-state index contributed by atoms with van der Waals surface area (Å²) in [5.74, 6) is 0.794. The molecule has 96 valence electrons. The Morgan fingerprint density at radius 2 is 2.11 bits per heavy atom. The largest absolute Gasteiger partial charge is 0.493 e. The molecule has 0 aliphatic heterocycles. The van der Waals surface area contributed by atoms with Gasteiger partial charge in [-0.05, 0) is 34.9 Å². The molecular formula is C15H18O2S. The first-order valence-electron chi connectivity index (χ1n) is 6.22. The van der Waals surface area contributed by atoms with Crippen LogP contribution in [0.15, 0.2) is 41.1 Å². The molecule has 0 bridgehead atoms. The summed E-state index contributed by atoms with van der Waals surface area (Å²) in [7, 11) is 0. The van der Waals surface area contributed by atoms with Crippen molar-refractivity contribution < 1.29 is 9.84 Å². The summed E-state index contributed by atoms with van der Waals surface area (Å²) < 4.78 is 5.78. The van der Waals surface area contributed by atoms with Gasteiger partial charge in [-0.2, -0.15) is 11.3 Å². The molecule has 2 rings (SSSR count). The number of thiophene rings is 1. The van der Waals surface area contributed by atoms with Crippen molar-refractivity contribution in [2.75, 3.05) is 6.61 Å². The van der Waals surface area contributed by atoms with Crippen LogP contribution in [0.2, 0.25) is 0 Å². The molecule has 0 radical (unpaired) electrons. The maximum Gasteiger partial charge on any atom is 0.125 e. The fourth-order valence-corrected chi connectivity index (χ4v) is 2.52. The number of rotatable bonds is 6. The molecule has 0 amide bonds. The number of benzene rings is 1. The topological polar surface area (TPSA) is 29.5 Å². The summed E-state index contributed by atoms with van der Waals surface area (Å²) in [6.45, 7) is 2.61. The smallest absolute Gasteiger partial charge is 0.125 e. The molecule has 0 aliphatic rings. The van der Waals surface area contributed by atoms with E-state index in [9.17, 15) is 5.11 Å². The summed E-state index contributed by atoms with van der Waals surface area (Å²) in [6.07, 6.45) is 1.16. The number of hydrogen-bond donors (Lipinski definition) is 1. The van der Waals surface area contributed by atoms with Gasteiger partial charge in [-0.25, -0.2) is 0 Å². The van der Waals surface area contributed by atoms with Gasteiger partial charge in [0, 0.05) is 12.0 Å². The van der Waals surface area contributed by atoms with Gasteiger partial charge in [0.1, 0.15) is 5.75 Å². The Labute approximate surface area is 112 Å². The molecule has 2 aromatic rings. The second kappa shape index (κ2) is 6.57. The minimum Gasteiger partial charge on any atom is -0.493 e. The average Bonchev–Trinajstić information content (AvgIpc) is 2.92. The Balaban J connectivity index is 1.96. The molecule has 0 saturated heterocycles. The molecule has 0 aliphatic carbocycles. The van der Waals surface area contributed by atoms with Gasteiger partial charge in [-0.15, -0.1) is 0 Å². The highest BCUT2D eigenvalue weighted by molar-refractivity contribution is 7.07. The molecule has 1 aromatic heterocycles. The Bertz CT molecular complexity index is 465. The van der Waals surface area contributed by atoms with Gasteiger partial charge in [0.15, 0.2) is 0 Å². The van der Waals surface area contributed by atoms with E-state index in [0.29, 0.717) is 13.0 Å². The molecule has 2 nitrogen and oxygen atoms in total. The van der Waals surface area contributed by atoms with Crippen LogP contribution < -0.4 is 4.74 Å². The lowest BCUT2D eigenvalue weighted by atomic mass is 10.1. The van der Waals surface area contributed by atoms with E-state index in [-0.39, 0.29) is 0 Å². The first-order chi connectivity index (χ1) is 8.81. The second-order valence-corrected chi connectivity index (χ2v) is 4.97. The van der Waals surface area contributed by atoms with Crippen molar-refractivity contribution in [1.29, 1.82) is 0 Å². The average molecular weight is 262 g/mol. The van der Waals surface area contributed by atoms with Gasteiger partial charge in [-0.3, -0.25) is 0 Å². The fourth-order valence-electron chi connectivity index (χ4n) is 1.82. The molecule has 0 fully saturated rings. The number of aliphatic hydroxyl groups excluding tert-OH is 1. The van der Waals surface area contributed by atoms with Crippen LogP contribution in [0.25, 0.3) is 0 Å². The maximum atomic E-state index is 9.92. The number of aliphatic hydroxyl groups is 1. The predicted molar refractivity (Wildman–Crippen MR) is 75.2 cm³/mol. The first-order valence-corrected chi connectivity index (χ1v) is 7.16. The van der Waals surface area contributed by atoms with Crippen LogP contribution in [-0.2, 0) is 6.42 Å². The number of ether oxygens (including phenoxy) is 1. The molecule has 1 aromatic carbocycles. The van der Waals surface area contributed by atoms with Crippen molar-refractivity contribution in [1.82, 2.24) is 0 Å². The highest BCUT2D eigenvalue weighted by Crippen LogP contribution is 2.26. The van der Waals surface area contributed by atoms with Crippen molar-refractivity contribution in [3.8, 4) is 5.75 Å². The standard InChI is InChI=1S/C15H18O2S/c1-2-14(16)13-5-3-4-6-15(13)17-9-7-12-8-10-18-11-12/h3-6,8,10-11,14,16H,2,7,9H2,1H3/t14-/m1/s1. The van der Waals surface area contributed by atoms with Crippen LogP contribution in [0.4, 0.5) is 0 Å². The molecule has 3 heteroatoms. The molecule has 1 N–H and O–H groups in total. The van der Waals surface area contributed by atoms with Crippen molar-refractivity contribution in [2.24, 2.45) is 0 Å². The van der Waals surface area contributed by atoms with E-state index in [4.69, 9.17) is 4.74 Å². The zero-order chi connectivity index (χ0) is 12.8. The zero-order valence-electron chi connectivity index (χ0n) is 10.5. The summed E-state index contributed by atoms with van der Waals surface area (Å²) in [5, 5.41) is 14.1. The fraction of sp³-hybridized carbons (Fsp3) is 0.333. The highest BCUT2D eigenvalue weighted by atomic mass is 32.1. The van der Waals surface area contributed by atoms with Crippen molar-refractivity contribution in [2.45, 2.75) is 25.9 Å². The lowest BCUT2D eigenvalue weighted by Gasteiger charge is -2.14. The summed E-state index contributed by atoms with van der Waals surface area (Å²) >= 11 is 1.70. The third-order valence-corrected chi connectivity index (χ3v) is 3.63. The van der Waals surface area contributed by atoms with Crippen molar-refractivity contribution in [3.63, 3.8) is 0 Å². The summed E-state index contributed by atoms with van der Waals surface area (Å²) in [4.78, 5) is 0. The van der Waals surface area contributed by atoms with Crippen LogP contribution in [0, 0.1) is 0 Å². The van der Waals surface area contributed by atoms with Crippen LogP contribution in [0.1, 0.15) is 30.6 Å². The van der Waals surface area contributed by atoms with Gasteiger partial charge in [0.05, 0.1) is 12.7 Å². The molecule has 1 atom stereocenters. The van der Waals surface area contributed by atoms with E-state index < -0.39 is 6.10 Å². The van der Waals surface area contributed by atoms with E-state index in [0.717, 1.165) is 17.7 Å². The summed E-state index contributed by atoms with van der Waals surface area (Å²) in [6, 6.07) is 9.82. The van der Waals surface area contributed by atoms with Crippen molar-refractivity contribution in [3.05, 3.63) is 52.2 Å². The van der Waals surface area contributed by atoms with E-state index >= 15 is 0 Å². The van der Waals surface area contributed by atoms with Crippen LogP contribution in [-0.4, -0.2) is 11.7 Å². The SMILES string of the molecule is CC[C@@H](O)c1ccccc1OCCc1ccsc1. The van der Waals surface area contributed by atoms with Gasteiger partial charge in [0.25, 0.3) is 0 Å². The van der Waals surface area contributed by atoms with E-state index in [1.807, 2.05) is 31.2 Å². The van der Waals surface area contributed by atoms with Crippen LogP contribution >= 0.6 is 11.3 Å². The third-order valence-electron chi connectivity index (χ3n) is 2.89. The maximum absolute atomic E-state index is 9.92. The molecular weight excluding hydrogens is 244 g/mol. The number of hydrogen-bond acceptors (Lipinski definition) is 3. The van der Waals surface area contributed by atoms with Crippen molar-refractivity contribution >= 4 is 11.3 Å². The molecule has 1 heterocycles. The van der Waals surface area contributed by atoms with E-state index in [1.165, 1.54) is 5.56 Å². The summed E-state index contributed by atoms with van der Waals surface area (Å²) in [5.41, 5.74) is 2.18. The Morgan fingerprint density at radius 1 is 1.28 bits per heavy atom. The monoisotopic (exact) mass is 262 g/mol. The highest BCUT2D eigenvalue weighted by Gasteiger charge is 2.10. The normalized spacial score (nSPS) is 12.3. The van der Waals surface area contributed by atoms with Crippen LogP contribution in [0.3, 0.4) is 0 Å². The van der Waals surface area contributed by atoms with Crippen LogP contribution in [0.5, 0.6) is 5.75 Å². The van der Waals surface area contributed by atoms with E-state index in [2.05, 4.69) is 16.8 Å². The molecule has 18 heavy (non-hydrogen) atoms. The van der Waals surface area contributed by atoms with Gasteiger partial charge in [-0.1, -0.05) is 25.1 Å². The van der Waals surface area contributed by atoms with Gasteiger partial charge >= 0.3 is 0 Å². The Kier molecular flexibility index (Phi) is 4.79. The Morgan fingerprint density at radius 3 is 2.83 bits per heavy atom. The Hall–Kier alpha value is -1.32. The first kappa shape index (κ1) is 13.1.